The molecule has 4 bridgehead atoms. The van der Waals surface area contributed by atoms with Crippen molar-refractivity contribution in [3.05, 3.63) is 11.6 Å². The summed E-state index contributed by atoms with van der Waals surface area (Å²) in [6.07, 6.45) is 10.6. The minimum absolute atomic E-state index is 0.0138. The Morgan fingerprint density at radius 1 is 0.902 bits per heavy atom. The highest BCUT2D eigenvalue weighted by atomic mass is 16.6. The lowest BCUT2D eigenvalue weighted by Crippen LogP contribution is -2.95. The first kappa shape index (κ1) is 44.7. The zero-order valence-corrected chi connectivity index (χ0v) is 36.9. The van der Waals surface area contributed by atoms with Crippen LogP contribution >= 0.6 is 0 Å². The largest absolute Gasteiger partial charge is 0.456 e. The third kappa shape index (κ3) is 8.24. The third-order valence-corrected chi connectivity index (χ3v) is 18.9. The molecule has 13 nitrogen and oxygen atoms in total. The van der Waals surface area contributed by atoms with Crippen molar-refractivity contribution in [1.82, 2.24) is 5.32 Å². The molecule has 11 N–H and O–H groups in total. The Kier molecular flexibility index (Phi) is 13.5. The second-order valence-electron chi connectivity index (χ2n) is 21.9. The van der Waals surface area contributed by atoms with Crippen LogP contribution in [0.15, 0.2) is 11.6 Å². The van der Waals surface area contributed by atoms with E-state index in [4.69, 9.17) is 25.7 Å². The van der Waals surface area contributed by atoms with Crippen molar-refractivity contribution in [3.8, 4) is 0 Å². The number of allylic oxidation sites excluding steroid dienone is 1. The van der Waals surface area contributed by atoms with Crippen molar-refractivity contribution in [2.24, 2.45) is 88.4 Å². The van der Waals surface area contributed by atoms with Gasteiger partial charge in [0.25, 0.3) is 0 Å². The van der Waals surface area contributed by atoms with E-state index in [1.54, 1.807) is 0 Å². The minimum atomic E-state index is -1.11. The van der Waals surface area contributed by atoms with Crippen molar-refractivity contribution in [3.63, 3.8) is 0 Å². The van der Waals surface area contributed by atoms with Crippen molar-refractivity contribution in [2.75, 3.05) is 26.3 Å². The van der Waals surface area contributed by atoms with Gasteiger partial charge in [-0.05, 0) is 151 Å². The summed E-state index contributed by atoms with van der Waals surface area (Å²) in [5.74, 6) is -1.49. The van der Waals surface area contributed by atoms with Gasteiger partial charge in [0.1, 0.15) is 23.7 Å². The quantitative estimate of drug-likeness (QED) is 0.136. The van der Waals surface area contributed by atoms with E-state index in [2.05, 4.69) is 17.6 Å². The highest BCUT2D eigenvalue weighted by Gasteiger charge is 2.67. The van der Waals surface area contributed by atoms with E-state index < -0.39 is 60.0 Å². The number of piperidine rings is 2. The average molecular weight is 856 g/mol. The summed E-state index contributed by atoms with van der Waals surface area (Å²) in [6, 6.07) is 0. The van der Waals surface area contributed by atoms with E-state index >= 15 is 0 Å². The summed E-state index contributed by atoms with van der Waals surface area (Å²) in [5, 5.41) is 52.4. The molecule has 13 heteroatoms. The van der Waals surface area contributed by atoms with E-state index in [1.165, 1.54) is 0 Å². The molecule has 21 unspecified atom stereocenters. The maximum Gasteiger partial charge on any atom is 0.334 e. The SMILES string of the molecule is CC=C(C(=O)OC1CC2C(O)C3C(=O)CC(CO)OC3C3C2OC1(C)C(CC1CCC(N)[NH2+]C1)CC1CCC2CCC(O)CC2C(CO)C3C2CCNC(N)C12)C1CCCC1. The van der Waals surface area contributed by atoms with Gasteiger partial charge in [0, 0.05) is 42.8 Å². The summed E-state index contributed by atoms with van der Waals surface area (Å²) < 4.78 is 21.7. The average Bonchev–Trinajstić information content (AvgIpc) is 3.79. The molecule has 5 heterocycles. The van der Waals surface area contributed by atoms with Crippen LogP contribution in [0, 0.1) is 76.9 Å². The Balaban J connectivity index is 1.23. The smallest absolute Gasteiger partial charge is 0.334 e. The predicted octanol–water partition coefficient (Wildman–Crippen LogP) is 2.11. The van der Waals surface area contributed by atoms with Gasteiger partial charge in [0.05, 0.1) is 55.8 Å². The molecule has 4 saturated carbocycles. The van der Waals surface area contributed by atoms with Crippen LogP contribution in [0.5, 0.6) is 0 Å². The molecule has 0 aromatic carbocycles. The van der Waals surface area contributed by atoms with Crippen molar-refractivity contribution in [1.29, 1.82) is 0 Å². The Hall–Kier alpha value is -1.52. The molecule has 0 spiro atoms. The van der Waals surface area contributed by atoms with Crippen LogP contribution in [-0.2, 0) is 23.8 Å². The van der Waals surface area contributed by atoms with Gasteiger partial charge in [0.15, 0.2) is 0 Å². The Morgan fingerprint density at radius 2 is 1.67 bits per heavy atom. The van der Waals surface area contributed by atoms with E-state index in [-0.39, 0.29) is 91.1 Å². The van der Waals surface area contributed by atoms with Crippen LogP contribution in [0.4, 0.5) is 0 Å². The van der Waals surface area contributed by atoms with E-state index in [9.17, 15) is 30.0 Å². The van der Waals surface area contributed by atoms with Gasteiger partial charge in [-0.15, -0.1) is 0 Å². The zero-order valence-electron chi connectivity index (χ0n) is 36.9. The van der Waals surface area contributed by atoms with Crippen LogP contribution in [0.2, 0.25) is 0 Å². The number of carbonyl (C=O) groups excluding carboxylic acids is 2. The summed E-state index contributed by atoms with van der Waals surface area (Å²) in [4.78, 5) is 29.1. The van der Waals surface area contributed by atoms with Gasteiger partial charge < -0.3 is 51.0 Å². The van der Waals surface area contributed by atoms with Gasteiger partial charge in [-0.1, -0.05) is 18.9 Å². The zero-order chi connectivity index (χ0) is 42.7. The molecular weight excluding hydrogens is 777 g/mol. The highest BCUT2D eigenvalue weighted by molar-refractivity contribution is 5.89. The lowest BCUT2D eigenvalue weighted by Gasteiger charge is -2.63. The van der Waals surface area contributed by atoms with Crippen LogP contribution in [0.1, 0.15) is 117 Å². The van der Waals surface area contributed by atoms with E-state index in [1.807, 2.05) is 13.0 Å². The number of quaternary nitrogens is 1. The molecule has 4 aliphatic carbocycles. The fraction of sp³-hybridized carbons (Fsp3) is 0.917. The number of nitrogens with two attached hydrogens (primary N) is 3. The van der Waals surface area contributed by atoms with E-state index in [0.29, 0.717) is 24.7 Å². The van der Waals surface area contributed by atoms with Crippen molar-refractivity contribution < 1.29 is 49.5 Å². The summed E-state index contributed by atoms with van der Waals surface area (Å²) in [6.45, 7) is 5.37. The Bertz CT molecular complexity index is 1590. The molecule has 9 rings (SSSR count). The van der Waals surface area contributed by atoms with E-state index in [0.717, 1.165) is 102 Å². The molecule has 0 radical (unpaired) electrons. The normalized spacial score (nSPS) is 50.6. The highest BCUT2D eigenvalue weighted by Crippen LogP contribution is 2.61. The lowest BCUT2D eigenvalue weighted by molar-refractivity contribution is -0.703. The summed E-state index contributed by atoms with van der Waals surface area (Å²) in [5.41, 5.74) is 13.6. The van der Waals surface area contributed by atoms with Gasteiger partial charge in [-0.25, -0.2) is 4.79 Å². The molecule has 344 valence electrons. The number of carbonyl (C=O) groups is 2. The molecule has 5 saturated heterocycles. The first-order valence-corrected chi connectivity index (χ1v) is 24.8. The molecule has 61 heavy (non-hydrogen) atoms. The van der Waals surface area contributed by atoms with Gasteiger partial charge in [0.2, 0.25) is 0 Å². The predicted molar refractivity (Wildman–Crippen MR) is 227 cm³/mol. The molecule has 21 atom stereocenters. The first-order chi connectivity index (χ1) is 29.4. The minimum Gasteiger partial charge on any atom is -0.456 e. The molecule has 0 aromatic heterocycles. The Labute approximate surface area is 363 Å². The topological polar surface area (TPSA) is 223 Å². The van der Waals surface area contributed by atoms with Crippen LogP contribution in [-0.4, -0.2) is 113 Å². The van der Waals surface area contributed by atoms with Gasteiger partial charge in [-0.2, -0.15) is 0 Å². The number of nitrogens with one attached hydrogen (secondary N) is 1. The first-order valence-electron chi connectivity index (χ1n) is 24.8. The number of hydrogen-bond donors (Lipinski definition) is 8. The third-order valence-electron chi connectivity index (χ3n) is 18.9. The number of hydrogen-bond acceptors (Lipinski definition) is 12. The van der Waals surface area contributed by atoms with Crippen molar-refractivity contribution >= 4 is 11.8 Å². The van der Waals surface area contributed by atoms with Crippen LogP contribution in [0.3, 0.4) is 0 Å². The second kappa shape index (κ2) is 18.4. The number of Topliss-reactive ketones (excluding diaryl/α,β-unsaturated/α-hetero) is 1. The molecular formula is C48H79N4O9+. The summed E-state index contributed by atoms with van der Waals surface area (Å²) in [7, 11) is 0. The monoisotopic (exact) mass is 856 g/mol. The molecule has 9 aliphatic rings. The Morgan fingerprint density at radius 3 is 2.39 bits per heavy atom. The number of aliphatic hydroxyl groups is 4. The standard InChI is InChI=1S/C48H78N4O9/c1-3-31(25-6-4-5-7-25)47(58)60-37-20-34-43(57)41-36(56)19-30(22-53)59-45(41)42-40-32-14-15-51-46(50)39(32)27(10-9-26-11-12-29(55)18-33(26)35(40)23-54)17-28(48(37,2)61-44(34)42)16-24-8-13-38(49)52-21-24/h3,24-30,32-35,37-46,51-55,57H,4-23,49-50H2,1-2H3/p+1. The molecule has 0 aromatic rings. The number of ketones is 1. The maximum absolute atomic E-state index is 14.6. The van der Waals surface area contributed by atoms with Crippen LogP contribution in [0.25, 0.3) is 0 Å². The van der Waals surface area contributed by atoms with Gasteiger partial charge in [-0.3, -0.25) is 10.5 Å². The fourth-order valence-electron chi connectivity index (χ4n) is 16.0. The number of fused-ring (bicyclic) bond motifs is 5. The summed E-state index contributed by atoms with van der Waals surface area (Å²) >= 11 is 0. The number of aliphatic hydroxyl groups excluding tert-OH is 4. The van der Waals surface area contributed by atoms with Crippen molar-refractivity contribution in [2.45, 2.75) is 171 Å². The molecule has 9 fully saturated rings. The fourth-order valence-corrected chi connectivity index (χ4v) is 16.0. The number of ether oxygens (including phenoxy) is 3. The molecule has 0 amide bonds. The van der Waals surface area contributed by atoms with Crippen LogP contribution < -0.4 is 22.1 Å². The lowest BCUT2D eigenvalue weighted by atomic mass is 9.50. The number of esters is 1. The number of rotatable bonds is 7. The maximum atomic E-state index is 14.6. The van der Waals surface area contributed by atoms with Gasteiger partial charge >= 0.3 is 5.97 Å². The second-order valence-corrected chi connectivity index (χ2v) is 21.9. The molecule has 5 aliphatic heterocycles.